The standard InChI is InChI=1S/C33H39FN4O4/c1-24-7-4-5-9-29(24)31(39)35-28-13-10-25(11-14-28)32(40)38-30-15-12-27(34)23-26(30)8-6-16-33(38,41-3)42-22-21-37-19-17-36(2)18-20-37/h4-5,7,9-15,23H,6,8,16-22H2,1-3H3,(H,35,39). The van der Waals surface area contributed by atoms with Gasteiger partial charge in [-0.15, -0.1) is 0 Å². The monoisotopic (exact) mass is 574 g/mol. The largest absolute Gasteiger partial charge is 0.336 e. The number of halogens is 1. The van der Waals surface area contributed by atoms with E-state index in [2.05, 4.69) is 22.2 Å². The van der Waals surface area contributed by atoms with Gasteiger partial charge in [0.15, 0.2) is 0 Å². The van der Waals surface area contributed by atoms with Crippen LogP contribution in [0.15, 0.2) is 66.7 Å². The highest BCUT2D eigenvalue weighted by atomic mass is 19.1. The van der Waals surface area contributed by atoms with E-state index in [4.69, 9.17) is 9.47 Å². The summed E-state index contributed by atoms with van der Waals surface area (Å²) in [6, 6.07) is 18.6. The molecule has 1 unspecified atom stereocenters. The fourth-order valence-electron chi connectivity index (χ4n) is 5.68. The molecule has 1 saturated heterocycles. The van der Waals surface area contributed by atoms with Gasteiger partial charge in [0.25, 0.3) is 17.7 Å². The summed E-state index contributed by atoms with van der Waals surface area (Å²) in [5.74, 6) is -2.26. The maximum Gasteiger partial charge on any atom is 0.262 e. The zero-order valence-corrected chi connectivity index (χ0v) is 24.6. The van der Waals surface area contributed by atoms with E-state index in [-0.39, 0.29) is 17.6 Å². The van der Waals surface area contributed by atoms with Crippen molar-refractivity contribution in [3.63, 3.8) is 0 Å². The molecule has 3 aromatic carbocycles. The molecule has 0 spiro atoms. The zero-order valence-electron chi connectivity index (χ0n) is 24.6. The van der Waals surface area contributed by atoms with E-state index in [1.165, 1.54) is 12.1 Å². The first-order valence-electron chi connectivity index (χ1n) is 14.5. The van der Waals surface area contributed by atoms with Crippen molar-refractivity contribution in [1.29, 1.82) is 0 Å². The maximum absolute atomic E-state index is 14.3. The highest BCUT2D eigenvalue weighted by Gasteiger charge is 2.45. The van der Waals surface area contributed by atoms with Gasteiger partial charge in [0.1, 0.15) is 5.82 Å². The molecule has 0 saturated carbocycles. The first-order valence-corrected chi connectivity index (χ1v) is 14.5. The van der Waals surface area contributed by atoms with Crippen LogP contribution >= 0.6 is 0 Å². The van der Waals surface area contributed by atoms with E-state index in [1.807, 2.05) is 25.1 Å². The Morgan fingerprint density at radius 3 is 2.45 bits per heavy atom. The van der Waals surface area contributed by atoms with Gasteiger partial charge in [0, 0.05) is 63.1 Å². The topological polar surface area (TPSA) is 74.4 Å². The van der Waals surface area contributed by atoms with Crippen LogP contribution in [0.5, 0.6) is 0 Å². The number of benzene rings is 3. The summed E-state index contributed by atoms with van der Waals surface area (Å²) in [4.78, 5) is 33.2. The Morgan fingerprint density at radius 1 is 1.00 bits per heavy atom. The lowest BCUT2D eigenvalue weighted by molar-refractivity contribution is -0.222. The van der Waals surface area contributed by atoms with E-state index >= 15 is 0 Å². The Balaban J connectivity index is 1.39. The molecule has 3 aromatic rings. The third kappa shape index (κ3) is 6.55. The molecule has 9 heteroatoms. The molecule has 5 rings (SSSR count). The van der Waals surface area contributed by atoms with Gasteiger partial charge in [-0.3, -0.25) is 19.4 Å². The van der Waals surface area contributed by atoms with Gasteiger partial charge >= 0.3 is 0 Å². The van der Waals surface area contributed by atoms with Gasteiger partial charge < -0.3 is 19.7 Å². The molecule has 8 nitrogen and oxygen atoms in total. The van der Waals surface area contributed by atoms with Crippen molar-refractivity contribution in [3.8, 4) is 0 Å². The fraction of sp³-hybridized carbons (Fsp3) is 0.394. The number of carbonyl (C=O) groups is 2. The summed E-state index contributed by atoms with van der Waals surface area (Å²) in [5.41, 5.74) is 3.72. The lowest BCUT2D eigenvalue weighted by atomic mass is 10.1. The van der Waals surface area contributed by atoms with Gasteiger partial charge in [0.2, 0.25) is 0 Å². The summed E-state index contributed by atoms with van der Waals surface area (Å²) < 4.78 is 26.8. The van der Waals surface area contributed by atoms with Crippen molar-refractivity contribution in [1.82, 2.24) is 9.80 Å². The molecule has 0 aliphatic carbocycles. The summed E-state index contributed by atoms with van der Waals surface area (Å²) >= 11 is 0. The second kappa shape index (κ2) is 13.1. The van der Waals surface area contributed by atoms with Crippen molar-refractivity contribution < 1.29 is 23.5 Å². The summed E-state index contributed by atoms with van der Waals surface area (Å²) in [6.07, 6.45) is 1.68. The average molecular weight is 575 g/mol. The molecule has 2 amide bonds. The Bertz CT molecular complexity index is 1410. The van der Waals surface area contributed by atoms with Crippen LogP contribution in [0, 0.1) is 12.7 Å². The van der Waals surface area contributed by atoms with E-state index in [0.717, 1.165) is 37.3 Å². The summed E-state index contributed by atoms with van der Waals surface area (Å²) in [5, 5.41) is 2.90. The van der Waals surface area contributed by atoms with Crippen LogP contribution in [0.2, 0.25) is 0 Å². The number of carbonyl (C=O) groups excluding carboxylic acids is 2. The van der Waals surface area contributed by atoms with Gasteiger partial charge in [0.05, 0.1) is 12.3 Å². The van der Waals surface area contributed by atoms with Crippen molar-refractivity contribution in [2.75, 3.05) is 63.7 Å². The number of anilines is 2. The van der Waals surface area contributed by atoms with Gasteiger partial charge in [-0.05, 0) is 86.5 Å². The minimum atomic E-state index is -1.36. The highest BCUT2D eigenvalue weighted by Crippen LogP contribution is 2.39. The van der Waals surface area contributed by atoms with Crippen molar-refractivity contribution >= 4 is 23.2 Å². The molecule has 222 valence electrons. The minimum absolute atomic E-state index is 0.220. The predicted octanol–water partition coefficient (Wildman–Crippen LogP) is 4.93. The third-order valence-corrected chi connectivity index (χ3v) is 8.19. The van der Waals surface area contributed by atoms with E-state index in [1.54, 1.807) is 48.4 Å². The Morgan fingerprint density at radius 2 is 1.74 bits per heavy atom. The summed E-state index contributed by atoms with van der Waals surface area (Å²) in [7, 11) is 3.67. The highest BCUT2D eigenvalue weighted by molar-refractivity contribution is 6.08. The molecule has 1 atom stereocenters. The molecule has 2 aliphatic heterocycles. The number of hydrogen-bond acceptors (Lipinski definition) is 6. The predicted molar refractivity (Wildman–Crippen MR) is 161 cm³/mol. The van der Waals surface area contributed by atoms with E-state index in [9.17, 15) is 14.0 Å². The van der Waals surface area contributed by atoms with Crippen molar-refractivity contribution in [2.24, 2.45) is 0 Å². The van der Waals surface area contributed by atoms with Crippen LogP contribution < -0.4 is 10.2 Å². The maximum atomic E-state index is 14.3. The molecule has 2 aliphatic rings. The number of hydrogen-bond donors (Lipinski definition) is 1. The third-order valence-electron chi connectivity index (χ3n) is 8.19. The second-order valence-corrected chi connectivity index (χ2v) is 11.0. The number of methoxy groups -OCH3 is 1. The van der Waals surface area contributed by atoms with E-state index < -0.39 is 5.91 Å². The van der Waals surface area contributed by atoms with Crippen LogP contribution in [-0.4, -0.2) is 81.0 Å². The number of aryl methyl sites for hydroxylation is 2. The van der Waals surface area contributed by atoms with E-state index in [0.29, 0.717) is 54.9 Å². The number of nitrogens with zero attached hydrogens (tertiary/aromatic N) is 3. The lowest BCUT2D eigenvalue weighted by Crippen LogP contribution is -2.56. The Kier molecular flexibility index (Phi) is 9.33. The van der Waals surface area contributed by atoms with Gasteiger partial charge in [-0.2, -0.15) is 0 Å². The molecule has 1 N–H and O–H groups in total. The SMILES string of the molecule is COC1(OCCN2CCN(C)CC2)CCCc2cc(F)ccc2N1C(=O)c1ccc(NC(=O)c2ccccc2C)cc1. The Hall–Kier alpha value is -3.63. The van der Waals surface area contributed by atoms with Crippen molar-refractivity contribution in [3.05, 3.63) is 94.8 Å². The first kappa shape index (κ1) is 29.8. The lowest BCUT2D eigenvalue weighted by Gasteiger charge is -2.42. The number of rotatable bonds is 8. The van der Waals surface area contributed by atoms with Crippen molar-refractivity contribution in [2.45, 2.75) is 32.1 Å². The zero-order chi connectivity index (χ0) is 29.7. The minimum Gasteiger partial charge on any atom is -0.336 e. The molecule has 1 fully saturated rings. The van der Waals surface area contributed by atoms with Crippen LogP contribution in [-0.2, 0) is 15.9 Å². The van der Waals surface area contributed by atoms with Crippen LogP contribution in [0.1, 0.15) is 44.7 Å². The number of likely N-dealkylation sites (N-methyl/N-ethyl adjacent to an activating group) is 1. The molecule has 0 bridgehead atoms. The normalized spacial score (nSPS) is 19.7. The van der Waals surface area contributed by atoms with Crippen LogP contribution in [0.25, 0.3) is 0 Å². The fourth-order valence-corrected chi connectivity index (χ4v) is 5.68. The second-order valence-electron chi connectivity index (χ2n) is 11.0. The average Bonchev–Trinajstić information content (AvgIpc) is 3.15. The molecular formula is C33H39FN4O4. The molecular weight excluding hydrogens is 535 g/mol. The quantitative estimate of drug-likeness (QED) is 0.385. The van der Waals surface area contributed by atoms with Gasteiger partial charge in [-0.1, -0.05) is 18.2 Å². The Labute approximate surface area is 247 Å². The molecule has 42 heavy (non-hydrogen) atoms. The summed E-state index contributed by atoms with van der Waals surface area (Å²) in [6.45, 7) is 6.89. The number of fused-ring (bicyclic) bond motifs is 1. The van der Waals surface area contributed by atoms with Crippen LogP contribution in [0.3, 0.4) is 0 Å². The number of amides is 2. The number of ether oxygens (including phenoxy) is 2. The molecule has 0 aromatic heterocycles. The van der Waals surface area contributed by atoms with Gasteiger partial charge in [-0.25, -0.2) is 4.39 Å². The molecule has 2 heterocycles. The number of piperazine rings is 1. The first-order chi connectivity index (χ1) is 20.3. The number of nitrogens with one attached hydrogen (secondary N) is 1. The smallest absolute Gasteiger partial charge is 0.262 e. The molecule has 0 radical (unpaired) electrons. The van der Waals surface area contributed by atoms with Crippen LogP contribution in [0.4, 0.5) is 15.8 Å².